The van der Waals surface area contributed by atoms with Crippen LogP contribution in [-0.2, 0) is 9.47 Å². The Morgan fingerprint density at radius 3 is 2.88 bits per heavy atom. The molecular weight excluding hydrogens is 316 g/mol. The Balaban J connectivity index is 1.35. The number of rotatable bonds is 4. The number of hydrogen-bond donors (Lipinski definition) is 0. The Morgan fingerprint density at radius 2 is 2.08 bits per heavy atom. The zero-order valence-corrected chi connectivity index (χ0v) is 15.3. The molecule has 3 saturated heterocycles. The monoisotopic (exact) mass is 346 g/mol. The lowest BCUT2D eigenvalue weighted by Crippen LogP contribution is -2.50. The number of hydrogen-bond acceptors (Lipinski definition) is 6. The molecule has 1 spiro atoms. The first-order valence-corrected chi connectivity index (χ1v) is 9.68. The van der Waals surface area contributed by atoms with Crippen LogP contribution in [0.4, 0.5) is 5.95 Å². The minimum absolute atomic E-state index is 0.0249. The average Bonchev–Trinajstić information content (AvgIpc) is 3.06. The summed E-state index contributed by atoms with van der Waals surface area (Å²) in [6, 6.07) is 2.23. The molecule has 0 bridgehead atoms. The van der Waals surface area contributed by atoms with Gasteiger partial charge in [0, 0.05) is 52.2 Å². The maximum absolute atomic E-state index is 6.39. The number of piperidine rings is 1. The maximum Gasteiger partial charge on any atom is 0.225 e. The Kier molecular flexibility index (Phi) is 5.20. The first-order chi connectivity index (χ1) is 12.2. The molecule has 0 N–H and O–H groups in total. The highest BCUT2D eigenvalue weighted by Gasteiger charge is 2.45. The maximum atomic E-state index is 6.39. The molecule has 0 unspecified atom stereocenters. The van der Waals surface area contributed by atoms with Gasteiger partial charge >= 0.3 is 0 Å². The number of anilines is 1. The minimum atomic E-state index is 0.0249. The fraction of sp³-hybridized carbons (Fsp3) is 0.789. The molecule has 4 rings (SSSR count). The van der Waals surface area contributed by atoms with E-state index in [9.17, 15) is 0 Å². The van der Waals surface area contributed by atoms with Crippen LogP contribution < -0.4 is 4.90 Å². The first kappa shape index (κ1) is 17.2. The van der Waals surface area contributed by atoms with Crippen molar-refractivity contribution in [3.05, 3.63) is 18.5 Å². The van der Waals surface area contributed by atoms with E-state index in [1.165, 1.54) is 38.8 Å². The van der Waals surface area contributed by atoms with Crippen molar-refractivity contribution in [2.24, 2.45) is 5.92 Å². The predicted octanol–water partition coefficient (Wildman–Crippen LogP) is 1.96. The standard InChI is InChI=1S/C19H30N4O2/c1-22(18-20-7-3-8-21-18)17-12-19(25-14-17)6-2-9-23(15-19)13-16-4-10-24-11-5-16/h3,7-8,16-17H,2,4-6,9-15H2,1H3/t17-,19+/m0/s1. The van der Waals surface area contributed by atoms with Gasteiger partial charge in [-0.05, 0) is 44.2 Å². The summed E-state index contributed by atoms with van der Waals surface area (Å²) in [5.74, 6) is 1.59. The van der Waals surface area contributed by atoms with Crippen molar-refractivity contribution in [3.8, 4) is 0 Å². The van der Waals surface area contributed by atoms with Crippen molar-refractivity contribution in [1.82, 2.24) is 14.9 Å². The quantitative estimate of drug-likeness (QED) is 0.831. The largest absolute Gasteiger partial charge is 0.381 e. The van der Waals surface area contributed by atoms with E-state index in [1.54, 1.807) is 12.4 Å². The Labute approximate surface area is 150 Å². The minimum Gasteiger partial charge on any atom is -0.381 e. The SMILES string of the molecule is CN(c1ncccn1)[C@@H]1CO[C@]2(CCCN(CC3CCOCC3)C2)C1. The van der Waals surface area contributed by atoms with Crippen LogP contribution in [0.1, 0.15) is 32.1 Å². The van der Waals surface area contributed by atoms with Crippen LogP contribution in [0, 0.1) is 5.92 Å². The van der Waals surface area contributed by atoms with Gasteiger partial charge in [-0.2, -0.15) is 0 Å². The van der Waals surface area contributed by atoms with Crippen LogP contribution >= 0.6 is 0 Å². The van der Waals surface area contributed by atoms with Crippen LogP contribution in [0.5, 0.6) is 0 Å². The lowest BCUT2D eigenvalue weighted by Gasteiger charge is -2.41. The van der Waals surface area contributed by atoms with Gasteiger partial charge in [-0.25, -0.2) is 9.97 Å². The summed E-state index contributed by atoms with van der Waals surface area (Å²) in [7, 11) is 2.09. The van der Waals surface area contributed by atoms with E-state index < -0.39 is 0 Å². The van der Waals surface area contributed by atoms with Gasteiger partial charge in [0.15, 0.2) is 0 Å². The smallest absolute Gasteiger partial charge is 0.225 e. The molecule has 1 aromatic heterocycles. The summed E-state index contributed by atoms with van der Waals surface area (Å²) in [6.07, 6.45) is 9.52. The van der Waals surface area contributed by atoms with Gasteiger partial charge in [-0.15, -0.1) is 0 Å². The zero-order valence-electron chi connectivity index (χ0n) is 15.3. The van der Waals surface area contributed by atoms with E-state index in [0.717, 1.165) is 44.7 Å². The molecular formula is C19H30N4O2. The van der Waals surface area contributed by atoms with E-state index in [1.807, 2.05) is 6.07 Å². The molecule has 25 heavy (non-hydrogen) atoms. The van der Waals surface area contributed by atoms with E-state index in [-0.39, 0.29) is 5.60 Å². The summed E-state index contributed by atoms with van der Waals surface area (Å²) in [6.45, 7) is 6.14. The van der Waals surface area contributed by atoms with Crippen LogP contribution in [0.15, 0.2) is 18.5 Å². The molecule has 3 fully saturated rings. The second-order valence-corrected chi connectivity index (χ2v) is 7.91. The molecule has 3 aliphatic heterocycles. The van der Waals surface area contributed by atoms with Crippen LogP contribution in [0.25, 0.3) is 0 Å². The van der Waals surface area contributed by atoms with Gasteiger partial charge < -0.3 is 19.3 Å². The third-order valence-electron chi connectivity index (χ3n) is 6.08. The van der Waals surface area contributed by atoms with Crippen molar-refractivity contribution < 1.29 is 9.47 Å². The zero-order chi connectivity index (χ0) is 17.1. The Morgan fingerprint density at radius 1 is 1.28 bits per heavy atom. The normalized spacial score (nSPS) is 31.5. The fourth-order valence-electron chi connectivity index (χ4n) is 4.63. The summed E-state index contributed by atoms with van der Waals surface area (Å²) in [5.41, 5.74) is 0.0249. The van der Waals surface area contributed by atoms with Crippen LogP contribution in [-0.4, -0.2) is 73.0 Å². The highest BCUT2D eigenvalue weighted by atomic mass is 16.5. The number of ether oxygens (including phenoxy) is 2. The molecule has 6 heteroatoms. The van der Waals surface area contributed by atoms with Gasteiger partial charge in [0.25, 0.3) is 0 Å². The lowest BCUT2D eigenvalue weighted by molar-refractivity contribution is -0.0580. The molecule has 0 radical (unpaired) electrons. The number of likely N-dealkylation sites (tertiary alicyclic amines) is 1. The molecule has 0 amide bonds. The van der Waals surface area contributed by atoms with Crippen molar-refractivity contribution in [3.63, 3.8) is 0 Å². The van der Waals surface area contributed by atoms with Crippen LogP contribution in [0.2, 0.25) is 0 Å². The van der Waals surface area contributed by atoms with Crippen molar-refractivity contribution in [2.45, 2.75) is 43.7 Å². The van der Waals surface area contributed by atoms with Crippen molar-refractivity contribution in [1.29, 1.82) is 0 Å². The summed E-state index contributed by atoms with van der Waals surface area (Å²) < 4.78 is 11.9. The highest BCUT2D eigenvalue weighted by molar-refractivity contribution is 5.30. The molecule has 0 aromatic carbocycles. The molecule has 0 saturated carbocycles. The topological polar surface area (TPSA) is 50.7 Å². The molecule has 3 aliphatic rings. The number of likely N-dealkylation sites (N-methyl/N-ethyl adjacent to an activating group) is 1. The Hall–Kier alpha value is -1.24. The fourth-order valence-corrected chi connectivity index (χ4v) is 4.63. The molecule has 0 aliphatic carbocycles. The van der Waals surface area contributed by atoms with E-state index in [0.29, 0.717) is 6.04 Å². The predicted molar refractivity (Wildman–Crippen MR) is 96.7 cm³/mol. The van der Waals surface area contributed by atoms with Gasteiger partial charge in [-0.3, -0.25) is 0 Å². The van der Waals surface area contributed by atoms with Gasteiger partial charge in [0.05, 0.1) is 18.2 Å². The number of nitrogens with zero attached hydrogens (tertiary/aromatic N) is 4. The van der Waals surface area contributed by atoms with E-state index >= 15 is 0 Å². The van der Waals surface area contributed by atoms with Gasteiger partial charge in [-0.1, -0.05) is 0 Å². The van der Waals surface area contributed by atoms with Crippen molar-refractivity contribution >= 4 is 5.95 Å². The molecule has 2 atom stereocenters. The molecule has 1 aromatic rings. The van der Waals surface area contributed by atoms with Gasteiger partial charge in [0.2, 0.25) is 5.95 Å². The third-order valence-corrected chi connectivity index (χ3v) is 6.08. The summed E-state index contributed by atoms with van der Waals surface area (Å²) >= 11 is 0. The van der Waals surface area contributed by atoms with E-state index in [4.69, 9.17) is 9.47 Å². The molecule has 138 valence electrons. The highest BCUT2D eigenvalue weighted by Crippen LogP contribution is 2.37. The molecule has 6 nitrogen and oxygen atoms in total. The lowest BCUT2D eigenvalue weighted by atomic mass is 9.87. The number of aromatic nitrogens is 2. The van der Waals surface area contributed by atoms with Crippen molar-refractivity contribution in [2.75, 3.05) is 51.4 Å². The van der Waals surface area contributed by atoms with Gasteiger partial charge in [0.1, 0.15) is 0 Å². The Bertz CT molecular complexity index is 552. The average molecular weight is 346 g/mol. The second kappa shape index (κ2) is 7.56. The van der Waals surface area contributed by atoms with Crippen LogP contribution in [0.3, 0.4) is 0 Å². The third kappa shape index (κ3) is 3.96. The second-order valence-electron chi connectivity index (χ2n) is 7.91. The summed E-state index contributed by atoms with van der Waals surface area (Å²) in [4.78, 5) is 13.6. The van der Waals surface area contributed by atoms with E-state index in [2.05, 4.69) is 26.8 Å². The first-order valence-electron chi connectivity index (χ1n) is 9.68. The summed E-state index contributed by atoms with van der Waals surface area (Å²) in [5, 5.41) is 0. The molecule has 4 heterocycles.